The van der Waals surface area contributed by atoms with Crippen LogP contribution in [0.3, 0.4) is 0 Å². The van der Waals surface area contributed by atoms with Gasteiger partial charge in [0.15, 0.2) is 0 Å². The Hall–Kier alpha value is -1.44. The first-order valence-corrected chi connectivity index (χ1v) is 7.71. The largest absolute Gasteiger partial charge is 0.477 e. The second-order valence-electron chi connectivity index (χ2n) is 3.78. The summed E-state index contributed by atoms with van der Waals surface area (Å²) in [5.41, 5.74) is 0.431. The van der Waals surface area contributed by atoms with Gasteiger partial charge in [-0.05, 0) is 17.9 Å². The van der Waals surface area contributed by atoms with Gasteiger partial charge in [-0.15, -0.1) is 24.5 Å². The van der Waals surface area contributed by atoms with E-state index >= 15 is 0 Å². The van der Waals surface area contributed by atoms with Crippen molar-refractivity contribution in [1.29, 1.82) is 0 Å². The quantitative estimate of drug-likeness (QED) is 0.783. The Morgan fingerprint density at radius 3 is 2.37 bits per heavy atom. The third-order valence-corrected chi connectivity index (χ3v) is 5.61. The normalized spacial score (nSPS) is 11.5. The van der Waals surface area contributed by atoms with Crippen molar-refractivity contribution >= 4 is 27.3 Å². The Balaban J connectivity index is 3.40. The third-order valence-electron chi connectivity index (χ3n) is 2.38. The predicted octanol–water partition coefficient (Wildman–Crippen LogP) is 2.12. The van der Waals surface area contributed by atoms with Crippen LogP contribution in [0.15, 0.2) is 35.6 Å². The van der Waals surface area contributed by atoms with Crippen LogP contribution in [0.4, 0.5) is 0 Å². The van der Waals surface area contributed by atoms with E-state index in [1.807, 2.05) is 0 Å². The zero-order valence-corrected chi connectivity index (χ0v) is 12.1. The molecular weight excluding hydrogens is 286 g/mol. The molecule has 0 saturated heterocycles. The lowest BCUT2D eigenvalue weighted by atomic mass is 10.3. The fourth-order valence-electron chi connectivity index (χ4n) is 1.59. The van der Waals surface area contributed by atoms with Gasteiger partial charge in [-0.25, -0.2) is 13.2 Å². The van der Waals surface area contributed by atoms with Gasteiger partial charge < -0.3 is 5.11 Å². The molecule has 0 bridgehead atoms. The summed E-state index contributed by atoms with van der Waals surface area (Å²) < 4.78 is 26.1. The Morgan fingerprint density at radius 2 is 1.95 bits per heavy atom. The summed E-state index contributed by atoms with van der Waals surface area (Å²) in [5.74, 6) is -1.24. The Bertz CT molecular complexity index is 591. The highest BCUT2D eigenvalue weighted by Crippen LogP contribution is 2.29. The average molecular weight is 301 g/mol. The molecular formula is C12H15NO4S2. The topological polar surface area (TPSA) is 74.7 Å². The number of nitrogens with zero attached hydrogens (tertiary/aromatic N) is 1. The highest BCUT2D eigenvalue weighted by atomic mass is 32.2. The summed E-state index contributed by atoms with van der Waals surface area (Å²) in [6.45, 7) is 8.79. The number of aryl methyl sites for hydroxylation is 1. The van der Waals surface area contributed by atoms with Crippen molar-refractivity contribution in [3.05, 3.63) is 41.1 Å². The van der Waals surface area contributed by atoms with Gasteiger partial charge in [-0.2, -0.15) is 4.31 Å². The van der Waals surface area contributed by atoms with Crippen molar-refractivity contribution in [1.82, 2.24) is 4.31 Å². The molecule has 1 N–H and O–H groups in total. The number of aromatic carboxylic acids is 1. The molecule has 0 spiro atoms. The minimum absolute atomic E-state index is 0.0999. The van der Waals surface area contributed by atoms with Gasteiger partial charge in [0.1, 0.15) is 9.77 Å². The fraction of sp³-hybridized carbons (Fsp3) is 0.250. The fourth-order valence-corrected chi connectivity index (χ4v) is 4.55. The summed E-state index contributed by atoms with van der Waals surface area (Å²) in [7, 11) is -3.87. The van der Waals surface area contributed by atoms with Crippen LogP contribution in [-0.4, -0.2) is 36.9 Å². The van der Waals surface area contributed by atoms with E-state index in [4.69, 9.17) is 5.11 Å². The lowest BCUT2D eigenvalue weighted by molar-refractivity contribution is 0.0698. The minimum Gasteiger partial charge on any atom is -0.477 e. The number of hydrogen-bond acceptors (Lipinski definition) is 4. The maximum absolute atomic E-state index is 12.5. The molecule has 1 aromatic heterocycles. The molecule has 5 nitrogen and oxygen atoms in total. The molecule has 7 heteroatoms. The zero-order valence-electron chi connectivity index (χ0n) is 10.5. The van der Waals surface area contributed by atoms with E-state index in [0.717, 1.165) is 15.6 Å². The molecule has 0 fully saturated rings. The molecule has 0 aliphatic carbocycles. The first kappa shape index (κ1) is 15.6. The van der Waals surface area contributed by atoms with E-state index in [1.165, 1.54) is 17.5 Å². The number of carboxylic acid groups (broad SMARTS) is 1. The molecule has 0 amide bonds. The van der Waals surface area contributed by atoms with E-state index in [9.17, 15) is 13.2 Å². The van der Waals surface area contributed by atoms with Crippen LogP contribution in [-0.2, 0) is 10.0 Å². The van der Waals surface area contributed by atoms with E-state index in [0.29, 0.717) is 5.56 Å². The van der Waals surface area contributed by atoms with Crippen LogP contribution in [0.5, 0.6) is 0 Å². The highest BCUT2D eigenvalue weighted by molar-refractivity contribution is 7.89. The van der Waals surface area contributed by atoms with Crippen LogP contribution < -0.4 is 0 Å². The van der Waals surface area contributed by atoms with Crippen LogP contribution in [0.25, 0.3) is 0 Å². The molecule has 0 saturated carbocycles. The van der Waals surface area contributed by atoms with Gasteiger partial charge >= 0.3 is 5.97 Å². The van der Waals surface area contributed by atoms with Crippen molar-refractivity contribution < 1.29 is 18.3 Å². The first-order chi connectivity index (χ1) is 8.86. The number of rotatable bonds is 7. The van der Waals surface area contributed by atoms with Gasteiger partial charge in [0.25, 0.3) is 0 Å². The molecule has 1 rings (SSSR count). The van der Waals surface area contributed by atoms with E-state index < -0.39 is 16.0 Å². The Morgan fingerprint density at radius 1 is 1.42 bits per heavy atom. The number of carbonyl (C=O) groups is 1. The first-order valence-electron chi connectivity index (χ1n) is 5.39. The molecule has 0 unspecified atom stereocenters. The summed E-state index contributed by atoms with van der Waals surface area (Å²) in [5, 5.41) is 10.6. The monoisotopic (exact) mass is 301 g/mol. The number of carboxylic acids is 1. The SMILES string of the molecule is C=CCN(CC=C)S(=O)(=O)c1c(C)csc1C(=O)O. The van der Waals surface area contributed by atoms with Crippen LogP contribution in [0, 0.1) is 6.92 Å². The Labute approximate surface area is 116 Å². The van der Waals surface area contributed by atoms with Crippen molar-refractivity contribution in [2.75, 3.05) is 13.1 Å². The molecule has 0 aromatic carbocycles. The van der Waals surface area contributed by atoms with Gasteiger partial charge in [0.2, 0.25) is 10.0 Å². The van der Waals surface area contributed by atoms with E-state index in [-0.39, 0.29) is 22.9 Å². The van der Waals surface area contributed by atoms with E-state index in [2.05, 4.69) is 13.2 Å². The summed E-state index contributed by atoms with van der Waals surface area (Å²) in [4.78, 5) is 10.8. The molecule has 1 heterocycles. The maximum Gasteiger partial charge on any atom is 0.347 e. The summed E-state index contributed by atoms with van der Waals surface area (Å²) in [6, 6.07) is 0. The molecule has 0 aliphatic heterocycles. The van der Waals surface area contributed by atoms with Crippen molar-refractivity contribution in [2.45, 2.75) is 11.8 Å². The second kappa shape index (κ2) is 6.14. The highest BCUT2D eigenvalue weighted by Gasteiger charge is 2.31. The zero-order chi connectivity index (χ0) is 14.6. The minimum atomic E-state index is -3.87. The molecule has 19 heavy (non-hydrogen) atoms. The smallest absolute Gasteiger partial charge is 0.347 e. The molecule has 104 valence electrons. The molecule has 0 aliphatic rings. The predicted molar refractivity (Wildman–Crippen MR) is 75.2 cm³/mol. The number of sulfonamides is 1. The number of hydrogen-bond donors (Lipinski definition) is 1. The molecule has 1 aromatic rings. The maximum atomic E-state index is 12.5. The Kier molecular flexibility index (Phi) is 5.04. The van der Waals surface area contributed by atoms with Crippen LogP contribution in [0.2, 0.25) is 0 Å². The standard InChI is InChI=1S/C12H15NO4S2/c1-4-6-13(7-5-2)19(16,17)11-9(3)8-18-10(11)12(14)15/h4-5,8H,1-2,6-7H2,3H3,(H,14,15). The van der Waals surface area contributed by atoms with E-state index in [1.54, 1.807) is 6.92 Å². The average Bonchev–Trinajstić information content (AvgIpc) is 2.71. The lowest BCUT2D eigenvalue weighted by Crippen LogP contribution is -2.32. The van der Waals surface area contributed by atoms with Gasteiger partial charge in [0.05, 0.1) is 0 Å². The lowest BCUT2D eigenvalue weighted by Gasteiger charge is -2.19. The number of thiophene rings is 1. The van der Waals surface area contributed by atoms with Gasteiger partial charge in [0, 0.05) is 13.1 Å². The van der Waals surface area contributed by atoms with Crippen molar-refractivity contribution in [2.24, 2.45) is 0 Å². The summed E-state index contributed by atoms with van der Waals surface area (Å²) in [6.07, 6.45) is 2.90. The second-order valence-corrected chi connectivity index (χ2v) is 6.54. The molecule has 0 atom stereocenters. The van der Waals surface area contributed by atoms with Crippen LogP contribution in [0.1, 0.15) is 15.2 Å². The van der Waals surface area contributed by atoms with Gasteiger partial charge in [-0.3, -0.25) is 0 Å². The summed E-state index contributed by atoms with van der Waals surface area (Å²) >= 11 is 0.908. The van der Waals surface area contributed by atoms with Crippen molar-refractivity contribution in [3.63, 3.8) is 0 Å². The third kappa shape index (κ3) is 3.12. The van der Waals surface area contributed by atoms with Gasteiger partial charge in [-0.1, -0.05) is 12.2 Å². The van der Waals surface area contributed by atoms with Crippen molar-refractivity contribution in [3.8, 4) is 0 Å². The molecule has 0 radical (unpaired) electrons. The van der Waals surface area contributed by atoms with Crippen LogP contribution >= 0.6 is 11.3 Å².